The van der Waals surface area contributed by atoms with Crippen molar-refractivity contribution in [1.82, 2.24) is 0 Å². The highest BCUT2D eigenvalue weighted by Gasteiger charge is 2.34. The summed E-state index contributed by atoms with van der Waals surface area (Å²) in [6.07, 6.45) is -3.23. The van der Waals surface area contributed by atoms with Crippen molar-refractivity contribution in [2.75, 3.05) is 0 Å². The molecule has 0 saturated heterocycles. The fraction of sp³-hybridized carbons (Fsp3) is 0.100. The molecule has 1 aromatic heterocycles. The number of alkyl halides is 3. The fourth-order valence-corrected chi connectivity index (χ4v) is 1.34. The summed E-state index contributed by atoms with van der Waals surface area (Å²) in [6.45, 7) is 0. The van der Waals surface area contributed by atoms with Crippen LogP contribution in [0.3, 0.4) is 0 Å². The molecule has 0 radical (unpaired) electrons. The van der Waals surface area contributed by atoms with Crippen LogP contribution in [-0.2, 0) is 6.18 Å². The molecule has 1 aromatic carbocycles. The molecule has 0 amide bonds. The average molecular weight is 214 g/mol. The smallest absolute Gasteiger partial charge is 0.420 e. The third-order valence-corrected chi connectivity index (χ3v) is 2.04. The van der Waals surface area contributed by atoms with E-state index in [0.29, 0.717) is 12.5 Å². The lowest BCUT2D eigenvalue weighted by Crippen LogP contribution is -2.03. The molecule has 0 atom stereocenters. The standard InChI is InChI=1S/C10H5F3O2/c11-10(12,13)8-5-15-9-3-6(4-14)1-2-7(8)9/h1-5H. The molecule has 2 nitrogen and oxygen atoms in total. The minimum atomic E-state index is -4.44. The topological polar surface area (TPSA) is 30.2 Å². The first-order valence-corrected chi connectivity index (χ1v) is 4.06. The first kappa shape index (κ1) is 9.76. The monoisotopic (exact) mass is 214 g/mol. The number of hydrogen-bond acceptors (Lipinski definition) is 2. The molecule has 0 bridgehead atoms. The molecule has 1 heterocycles. The number of aldehydes is 1. The van der Waals surface area contributed by atoms with Gasteiger partial charge in [-0.05, 0) is 12.1 Å². The lowest BCUT2D eigenvalue weighted by atomic mass is 10.1. The van der Waals surface area contributed by atoms with Gasteiger partial charge >= 0.3 is 6.18 Å². The van der Waals surface area contributed by atoms with E-state index in [9.17, 15) is 18.0 Å². The van der Waals surface area contributed by atoms with Gasteiger partial charge in [0, 0.05) is 10.9 Å². The van der Waals surface area contributed by atoms with Crippen LogP contribution in [0.2, 0.25) is 0 Å². The number of fused-ring (bicyclic) bond motifs is 1. The van der Waals surface area contributed by atoms with E-state index in [-0.39, 0.29) is 16.5 Å². The highest BCUT2D eigenvalue weighted by atomic mass is 19.4. The predicted molar refractivity (Wildman–Crippen MR) is 46.6 cm³/mol. The third-order valence-electron chi connectivity index (χ3n) is 2.04. The zero-order chi connectivity index (χ0) is 11.1. The van der Waals surface area contributed by atoms with Crippen molar-refractivity contribution < 1.29 is 22.4 Å². The molecule has 78 valence electrons. The number of halogens is 3. The molecule has 2 rings (SSSR count). The maximum absolute atomic E-state index is 12.4. The van der Waals surface area contributed by atoms with E-state index in [1.807, 2.05) is 0 Å². The number of carbonyl (C=O) groups is 1. The highest BCUT2D eigenvalue weighted by molar-refractivity contribution is 5.87. The Morgan fingerprint density at radius 2 is 2.00 bits per heavy atom. The average Bonchev–Trinajstić information content (AvgIpc) is 2.59. The van der Waals surface area contributed by atoms with Gasteiger partial charge in [-0.3, -0.25) is 4.79 Å². The van der Waals surface area contributed by atoms with Crippen LogP contribution in [0.15, 0.2) is 28.9 Å². The second kappa shape index (κ2) is 3.12. The summed E-state index contributed by atoms with van der Waals surface area (Å²) in [7, 11) is 0. The van der Waals surface area contributed by atoms with Crippen LogP contribution in [0, 0.1) is 0 Å². The van der Waals surface area contributed by atoms with Crippen LogP contribution in [0.1, 0.15) is 15.9 Å². The molecule has 0 N–H and O–H groups in total. The Hall–Kier alpha value is -1.78. The maximum Gasteiger partial charge on any atom is 0.420 e. The van der Waals surface area contributed by atoms with E-state index < -0.39 is 11.7 Å². The lowest BCUT2D eigenvalue weighted by molar-refractivity contribution is -0.136. The van der Waals surface area contributed by atoms with E-state index in [4.69, 9.17) is 4.42 Å². The van der Waals surface area contributed by atoms with Gasteiger partial charge in [-0.1, -0.05) is 6.07 Å². The molecule has 0 aliphatic rings. The van der Waals surface area contributed by atoms with Crippen LogP contribution < -0.4 is 0 Å². The van der Waals surface area contributed by atoms with Crippen LogP contribution in [0.4, 0.5) is 13.2 Å². The molecule has 0 spiro atoms. The summed E-state index contributed by atoms with van der Waals surface area (Å²) >= 11 is 0. The van der Waals surface area contributed by atoms with Gasteiger partial charge in [0.2, 0.25) is 0 Å². The molecule has 0 aliphatic heterocycles. The molecule has 5 heteroatoms. The summed E-state index contributed by atoms with van der Waals surface area (Å²) in [6, 6.07) is 3.82. The van der Waals surface area contributed by atoms with Crippen molar-refractivity contribution in [2.45, 2.75) is 6.18 Å². The SMILES string of the molecule is O=Cc1ccc2c(C(F)(F)F)coc2c1. The second-order valence-corrected chi connectivity index (χ2v) is 3.02. The number of furan rings is 1. The van der Waals surface area contributed by atoms with Crippen molar-refractivity contribution in [3.8, 4) is 0 Å². The van der Waals surface area contributed by atoms with Crippen LogP contribution in [0.5, 0.6) is 0 Å². The summed E-state index contributed by atoms with van der Waals surface area (Å²) in [5.74, 6) is 0. The van der Waals surface area contributed by atoms with Crippen LogP contribution in [0.25, 0.3) is 11.0 Å². The van der Waals surface area contributed by atoms with Crippen LogP contribution in [-0.4, -0.2) is 6.29 Å². The van der Waals surface area contributed by atoms with E-state index in [1.54, 1.807) is 0 Å². The van der Waals surface area contributed by atoms with Gasteiger partial charge in [0.05, 0.1) is 0 Å². The number of rotatable bonds is 1. The van der Waals surface area contributed by atoms with Gasteiger partial charge in [0.15, 0.2) is 0 Å². The summed E-state index contributed by atoms with van der Waals surface area (Å²) in [5, 5.41) is -0.0342. The first-order chi connectivity index (χ1) is 7.02. The van der Waals surface area contributed by atoms with Gasteiger partial charge in [0.1, 0.15) is 23.7 Å². The second-order valence-electron chi connectivity index (χ2n) is 3.02. The van der Waals surface area contributed by atoms with Crippen molar-refractivity contribution in [3.05, 3.63) is 35.6 Å². The van der Waals surface area contributed by atoms with Crippen molar-refractivity contribution in [2.24, 2.45) is 0 Å². The summed E-state index contributed by atoms with van der Waals surface area (Å²) in [4.78, 5) is 10.4. The lowest BCUT2D eigenvalue weighted by Gasteiger charge is -2.02. The molecule has 0 saturated carbocycles. The van der Waals surface area contributed by atoms with Crippen molar-refractivity contribution in [3.63, 3.8) is 0 Å². The van der Waals surface area contributed by atoms with Gasteiger partial charge in [-0.2, -0.15) is 13.2 Å². The molecule has 0 aliphatic carbocycles. The Morgan fingerprint density at radius 3 is 2.60 bits per heavy atom. The maximum atomic E-state index is 12.4. The summed E-state index contributed by atoms with van der Waals surface area (Å²) in [5.41, 5.74) is -0.479. The zero-order valence-electron chi connectivity index (χ0n) is 7.34. The zero-order valence-corrected chi connectivity index (χ0v) is 7.34. The highest BCUT2D eigenvalue weighted by Crippen LogP contribution is 2.36. The van der Waals surface area contributed by atoms with E-state index in [2.05, 4.69) is 0 Å². The fourth-order valence-electron chi connectivity index (χ4n) is 1.34. The molecule has 15 heavy (non-hydrogen) atoms. The largest absolute Gasteiger partial charge is 0.464 e. The van der Waals surface area contributed by atoms with E-state index in [0.717, 1.165) is 0 Å². The normalized spacial score (nSPS) is 11.9. The Kier molecular flexibility index (Phi) is 2.03. The molecular formula is C10H5F3O2. The van der Waals surface area contributed by atoms with Gasteiger partial charge in [-0.25, -0.2) is 0 Å². The molecule has 2 aromatic rings. The Labute approximate surface area is 82.3 Å². The van der Waals surface area contributed by atoms with E-state index >= 15 is 0 Å². The van der Waals surface area contributed by atoms with Crippen molar-refractivity contribution >= 4 is 17.3 Å². The van der Waals surface area contributed by atoms with Gasteiger partial charge < -0.3 is 4.42 Å². The molecular weight excluding hydrogens is 209 g/mol. The quantitative estimate of drug-likeness (QED) is 0.682. The molecule has 0 fully saturated rings. The van der Waals surface area contributed by atoms with Crippen molar-refractivity contribution in [1.29, 1.82) is 0 Å². The Bertz CT molecular complexity index is 511. The summed E-state index contributed by atoms with van der Waals surface area (Å²) < 4.78 is 42.0. The third kappa shape index (κ3) is 1.60. The number of carbonyl (C=O) groups excluding carboxylic acids is 1. The molecule has 0 unspecified atom stereocenters. The minimum absolute atomic E-state index is 0.0342. The first-order valence-electron chi connectivity index (χ1n) is 4.06. The number of hydrogen-bond donors (Lipinski definition) is 0. The van der Waals surface area contributed by atoms with Crippen LogP contribution >= 0.6 is 0 Å². The number of benzene rings is 1. The Morgan fingerprint density at radius 1 is 1.27 bits per heavy atom. The Balaban J connectivity index is 2.67. The van der Waals surface area contributed by atoms with Gasteiger partial charge in [0.25, 0.3) is 0 Å². The van der Waals surface area contributed by atoms with Gasteiger partial charge in [-0.15, -0.1) is 0 Å². The van der Waals surface area contributed by atoms with E-state index in [1.165, 1.54) is 18.2 Å². The minimum Gasteiger partial charge on any atom is -0.464 e. The predicted octanol–water partition coefficient (Wildman–Crippen LogP) is 3.26.